The van der Waals surface area contributed by atoms with Gasteiger partial charge in [-0.3, -0.25) is 9.59 Å². The maximum atomic E-state index is 12.1. The van der Waals surface area contributed by atoms with Gasteiger partial charge in [0.1, 0.15) is 0 Å². The van der Waals surface area contributed by atoms with Crippen LogP contribution in [0.5, 0.6) is 0 Å². The van der Waals surface area contributed by atoms with Crippen LogP contribution in [0.2, 0.25) is 0 Å². The lowest BCUT2D eigenvalue weighted by Gasteiger charge is -2.02. The smallest absolute Gasteiger partial charge is 0.185 e. The number of nitrogens with zero attached hydrogens (tertiary/aromatic N) is 4. The fourth-order valence-electron chi connectivity index (χ4n) is 13.9. The first-order valence-electron chi connectivity index (χ1n) is 47.8. The third-order valence-corrected chi connectivity index (χ3v) is 23.7. The number of ketones is 2. The van der Waals surface area contributed by atoms with Crippen molar-refractivity contribution >= 4 is 70.8 Å². The predicted molar refractivity (Wildman–Crippen MR) is 602 cm³/mol. The van der Waals surface area contributed by atoms with Crippen LogP contribution in [0.4, 0.5) is 22.7 Å². The molecule has 0 atom stereocenters. The van der Waals surface area contributed by atoms with E-state index in [4.69, 9.17) is 0 Å². The first kappa shape index (κ1) is 108. The number of hydrogen-bond acceptors (Lipinski definition) is 6. The van der Waals surface area contributed by atoms with E-state index in [1.165, 1.54) is 139 Å². The maximum absolute atomic E-state index is 12.1. The van der Waals surface area contributed by atoms with E-state index < -0.39 is 0 Å². The zero-order chi connectivity index (χ0) is 101. The minimum Gasteiger partial charge on any atom is -0.289 e. The molecule has 0 saturated heterocycles. The zero-order valence-electron chi connectivity index (χ0n) is 86.6. The fourth-order valence-corrected chi connectivity index (χ4v) is 13.9. The molecule has 140 heavy (non-hydrogen) atoms. The summed E-state index contributed by atoms with van der Waals surface area (Å²) >= 11 is 0. The number of hydrogen-bond donors (Lipinski definition) is 0. The Hall–Kier alpha value is -15.9. The van der Waals surface area contributed by atoms with Gasteiger partial charge in [0, 0.05) is 33.4 Å². The van der Waals surface area contributed by atoms with Crippen LogP contribution < -0.4 is 0 Å². The predicted octanol–water partition coefficient (Wildman–Crippen LogP) is 36.7. The molecule has 0 spiro atoms. The minimum atomic E-state index is 0.0416. The molecule has 0 aliphatic heterocycles. The molecule has 704 valence electrons. The van der Waals surface area contributed by atoms with Gasteiger partial charge < -0.3 is 0 Å². The van der Waals surface area contributed by atoms with Crippen molar-refractivity contribution in [3.05, 3.63) is 552 Å². The Morgan fingerprint density at radius 2 is 0.486 bits per heavy atom. The van der Waals surface area contributed by atoms with E-state index in [9.17, 15) is 9.59 Å². The fraction of sp³-hybridized carbons (Fsp3) is 0.179. The van der Waals surface area contributed by atoms with Crippen molar-refractivity contribution in [1.29, 1.82) is 0 Å². The molecule has 0 heterocycles. The van der Waals surface area contributed by atoms with Crippen LogP contribution >= 0.6 is 0 Å². The number of carbonyl (C=O) groups excluding carboxylic acids is 2. The molecule has 6 heteroatoms. The zero-order valence-corrected chi connectivity index (χ0v) is 86.6. The van der Waals surface area contributed by atoms with E-state index in [0.717, 1.165) is 83.9 Å². The van der Waals surface area contributed by atoms with Crippen molar-refractivity contribution < 1.29 is 9.59 Å². The molecule has 16 aromatic rings. The summed E-state index contributed by atoms with van der Waals surface area (Å²) in [5.74, 6) is 12.9. The number of allylic oxidation sites excluding steroid dienone is 2. The van der Waals surface area contributed by atoms with Gasteiger partial charge in [0.2, 0.25) is 0 Å². The van der Waals surface area contributed by atoms with Crippen LogP contribution in [0.1, 0.15) is 210 Å². The molecule has 0 aromatic heterocycles. The van der Waals surface area contributed by atoms with Gasteiger partial charge in [-0.25, -0.2) is 0 Å². The molecule has 16 rings (SSSR count). The molecule has 0 unspecified atom stereocenters. The van der Waals surface area contributed by atoms with Gasteiger partial charge in [-0.1, -0.05) is 376 Å². The highest BCUT2D eigenvalue weighted by atomic mass is 16.1. The van der Waals surface area contributed by atoms with Gasteiger partial charge >= 0.3 is 0 Å². The van der Waals surface area contributed by atoms with Crippen molar-refractivity contribution in [2.75, 3.05) is 0 Å². The van der Waals surface area contributed by atoms with Crippen LogP contribution in [0.25, 0.3) is 36.5 Å². The average molecular weight is 1830 g/mol. The van der Waals surface area contributed by atoms with Crippen molar-refractivity contribution in [3.63, 3.8) is 0 Å². The van der Waals surface area contributed by atoms with Crippen molar-refractivity contribution in [3.8, 4) is 23.7 Å². The molecule has 0 N–H and O–H groups in total. The Morgan fingerprint density at radius 3 is 0.936 bits per heavy atom. The Balaban J connectivity index is 0.000000179. The first-order chi connectivity index (χ1) is 67.0. The lowest BCUT2D eigenvalue weighted by molar-refractivity contribution is 0.103. The second-order valence-electron chi connectivity index (χ2n) is 36.5. The largest absolute Gasteiger partial charge is 0.289 e. The molecule has 0 amide bonds. The van der Waals surface area contributed by atoms with Gasteiger partial charge in [-0.2, -0.15) is 20.5 Å². The second-order valence-corrected chi connectivity index (χ2v) is 36.5. The van der Waals surface area contributed by atoms with Crippen LogP contribution in [0.3, 0.4) is 0 Å². The molecular formula is C134H136N4O2. The third-order valence-electron chi connectivity index (χ3n) is 23.7. The molecule has 0 bridgehead atoms. The summed E-state index contributed by atoms with van der Waals surface area (Å²) in [7, 11) is 0. The molecule has 0 aliphatic carbocycles. The average Bonchev–Trinajstić information content (AvgIpc) is 0.825. The summed E-state index contributed by atoms with van der Waals surface area (Å²) < 4.78 is 0. The number of benzene rings is 16. The highest BCUT2D eigenvalue weighted by Crippen LogP contribution is 2.27. The maximum Gasteiger partial charge on any atom is 0.185 e. The van der Waals surface area contributed by atoms with Crippen LogP contribution in [0, 0.1) is 190 Å². The van der Waals surface area contributed by atoms with Gasteiger partial charge in [0.05, 0.1) is 22.7 Å². The molecule has 0 fully saturated rings. The summed E-state index contributed by atoms with van der Waals surface area (Å²) in [4.78, 5) is 24.1. The standard InChI is InChI=1S/2C18H18O.C17H18.C17H16.C17H18.C17H16.2C15H16N2/c1-13-4-8-17(9-5-13)18(19)11-10-16-7-6-14(2)12-15(16)3;1-13-4-7-16(8-5-13)9-11-18(19)17-10-6-14(2)15(3)12-17;2*1-13-4-7-16(8-5-13)9-11-17-10-6-14(2)12-15(17)3;2*1-13-4-7-16(8-5-13)10-11-17-9-6-14(2)15(3)12-17;1-11-4-7-14(8-5-11)16-17-15-9-6-12(2)13(3)10-15;1-11-4-7-14(8-5-11)16-17-15-9-6-12(2)10-13(15)3/h2*4-12H,1-3H3;4-12H,1-3H3;4-8,10,12H,1-3H3;4-12H,1-3H3;4-9,12H,1-3H3;2*4-10H,1-3H3. The lowest BCUT2D eigenvalue weighted by atomic mass is 10.0. The molecule has 16 aromatic carbocycles. The Bertz CT molecular complexity index is 6930. The molecule has 6 nitrogen and oxygen atoms in total. The number of aryl methyl sites for hydroxylation is 24. The lowest BCUT2D eigenvalue weighted by Crippen LogP contribution is -1.95. The molecule has 0 saturated carbocycles. The highest BCUT2D eigenvalue weighted by molar-refractivity contribution is 6.07. The van der Waals surface area contributed by atoms with Crippen LogP contribution in [-0.4, -0.2) is 11.6 Å². The van der Waals surface area contributed by atoms with E-state index >= 15 is 0 Å². The number of carbonyl (C=O) groups is 2. The number of azo groups is 2. The first-order valence-corrected chi connectivity index (χ1v) is 47.8. The van der Waals surface area contributed by atoms with Crippen molar-refractivity contribution in [1.82, 2.24) is 0 Å². The van der Waals surface area contributed by atoms with Gasteiger partial charge in [-0.05, 0) is 369 Å². The SMILES string of the molecule is Cc1ccc(C#Cc2ccc(C)c(C)c2)cc1.Cc1ccc(C#Cc2ccc(C)cc2C)cc1.Cc1ccc(C(=O)C=Cc2ccc(C)cc2C)cc1.Cc1ccc(C=CC(=O)c2ccc(C)c(C)c2)cc1.Cc1ccc(C=Cc2ccc(C)c(C)c2)cc1.Cc1ccc(C=Cc2ccc(C)cc2C)cc1.Cc1ccc(N=Nc2ccc(C)c(C)c2)cc1.Cc1ccc(N=Nc2ccc(C)cc2C)cc1. The topological polar surface area (TPSA) is 83.6 Å². The monoisotopic (exact) mass is 1830 g/mol. The van der Waals surface area contributed by atoms with Gasteiger partial charge in [-0.15, -0.1) is 0 Å². The molecule has 0 radical (unpaired) electrons. The Labute approximate surface area is 837 Å². The summed E-state index contributed by atoms with van der Waals surface area (Å²) in [6.45, 7) is 50.1. The second kappa shape index (κ2) is 55.4. The summed E-state index contributed by atoms with van der Waals surface area (Å²) in [6, 6.07) is 116. The highest BCUT2D eigenvalue weighted by Gasteiger charge is 2.08. The Kier molecular flexibility index (Phi) is 42.6. The molecular weight excluding hydrogens is 1700 g/mol. The summed E-state index contributed by atoms with van der Waals surface area (Å²) in [6.07, 6.45) is 15.7. The third kappa shape index (κ3) is 38.4. The van der Waals surface area contributed by atoms with E-state index in [-0.39, 0.29) is 11.6 Å². The normalized spacial score (nSPS) is 10.6. The van der Waals surface area contributed by atoms with Crippen LogP contribution in [0.15, 0.2) is 372 Å². The van der Waals surface area contributed by atoms with Crippen molar-refractivity contribution in [2.24, 2.45) is 20.5 Å². The van der Waals surface area contributed by atoms with Crippen LogP contribution in [-0.2, 0) is 0 Å². The van der Waals surface area contributed by atoms with Crippen molar-refractivity contribution in [2.45, 2.75) is 166 Å². The number of rotatable bonds is 14. The van der Waals surface area contributed by atoms with Gasteiger partial charge in [0.15, 0.2) is 11.6 Å². The van der Waals surface area contributed by atoms with E-state index in [2.05, 4.69) is 407 Å². The minimum absolute atomic E-state index is 0.0416. The van der Waals surface area contributed by atoms with E-state index in [0.29, 0.717) is 0 Å². The van der Waals surface area contributed by atoms with Gasteiger partial charge in [0.25, 0.3) is 0 Å². The van der Waals surface area contributed by atoms with E-state index in [1.807, 2.05) is 179 Å². The van der Waals surface area contributed by atoms with E-state index in [1.54, 1.807) is 12.2 Å². The summed E-state index contributed by atoms with van der Waals surface area (Å²) in [5, 5.41) is 17.0. The quantitative estimate of drug-likeness (QED) is 0.0357. The molecule has 0 aliphatic rings. The Morgan fingerprint density at radius 1 is 0.186 bits per heavy atom. The summed E-state index contributed by atoms with van der Waals surface area (Å²) in [5.41, 5.74) is 46.7.